The van der Waals surface area contributed by atoms with Gasteiger partial charge in [-0.15, -0.1) is 11.3 Å². The maximum absolute atomic E-state index is 13.5. The molecule has 0 aliphatic rings. The van der Waals surface area contributed by atoms with Gasteiger partial charge in [0.05, 0.1) is 23.8 Å². The highest BCUT2D eigenvalue weighted by Crippen LogP contribution is 2.20. The lowest BCUT2D eigenvalue weighted by Gasteiger charge is -2.04. The van der Waals surface area contributed by atoms with E-state index in [1.54, 1.807) is 6.07 Å². The third kappa shape index (κ3) is 2.73. The van der Waals surface area contributed by atoms with Crippen LogP contribution in [0.2, 0.25) is 0 Å². The first-order valence-electron chi connectivity index (χ1n) is 6.24. The minimum Gasteiger partial charge on any atom is -0.347 e. The number of carbonyl (C=O) groups is 1. The zero-order valence-corrected chi connectivity index (χ0v) is 11.8. The Bertz CT molecular complexity index is 920. The van der Waals surface area contributed by atoms with Gasteiger partial charge in [0.1, 0.15) is 16.5 Å². The summed E-state index contributed by atoms with van der Waals surface area (Å²) in [6, 6.07) is 4.36. The highest BCUT2D eigenvalue weighted by atomic mass is 32.1. The molecule has 2 heterocycles. The molecule has 0 radical (unpaired) electrons. The number of benzene rings is 1. The van der Waals surface area contributed by atoms with Gasteiger partial charge in [0.25, 0.3) is 11.5 Å². The maximum Gasteiger partial charge on any atom is 0.259 e. The smallest absolute Gasteiger partial charge is 0.259 e. The Kier molecular flexibility index (Phi) is 3.68. The van der Waals surface area contributed by atoms with E-state index in [2.05, 4.69) is 15.3 Å². The van der Waals surface area contributed by atoms with Crippen LogP contribution in [0.4, 0.5) is 8.78 Å². The van der Waals surface area contributed by atoms with E-state index < -0.39 is 17.5 Å². The van der Waals surface area contributed by atoms with Crippen LogP contribution in [-0.4, -0.2) is 15.9 Å². The summed E-state index contributed by atoms with van der Waals surface area (Å²) in [4.78, 5) is 31.2. The monoisotopic (exact) mass is 321 g/mol. The highest BCUT2D eigenvalue weighted by molar-refractivity contribution is 7.18. The molecule has 1 aromatic carbocycles. The van der Waals surface area contributed by atoms with Gasteiger partial charge in [-0.3, -0.25) is 9.59 Å². The first-order valence-corrected chi connectivity index (χ1v) is 7.05. The number of nitrogens with zero attached hydrogens (tertiary/aromatic N) is 1. The van der Waals surface area contributed by atoms with Gasteiger partial charge in [0.2, 0.25) is 0 Å². The molecule has 22 heavy (non-hydrogen) atoms. The second kappa shape index (κ2) is 5.64. The van der Waals surface area contributed by atoms with Crippen molar-refractivity contribution in [1.29, 1.82) is 0 Å². The van der Waals surface area contributed by atoms with E-state index in [4.69, 9.17) is 0 Å². The van der Waals surface area contributed by atoms with Crippen LogP contribution in [0.25, 0.3) is 10.2 Å². The summed E-state index contributed by atoms with van der Waals surface area (Å²) in [5.41, 5.74) is -0.498. The lowest BCUT2D eigenvalue weighted by Crippen LogP contribution is -2.23. The fourth-order valence-electron chi connectivity index (χ4n) is 1.94. The van der Waals surface area contributed by atoms with E-state index in [-0.39, 0.29) is 17.7 Å². The molecular formula is C14H9F2N3O2S. The molecule has 0 spiro atoms. The maximum atomic E-state index is 13.5. The van der Waals surface area contributed by atoms with Crippen molar-refractivity contribution in [3.63, 3.8) is 0 Å². The summed E-state index contributed by atoms with van der Waals surface area (Å²) in [6.07, 6.45) is 1.30. The number of amides is 1. The van der Waals surface area contributed by atoms with E-state index in [1.165, 1.54) is 17.7 Å². The Balaban J connectivity index is 1.77. The molecule has 1 amide bonds. The number of hydrogen-bond donors (Lipinski definition) is 2. The first kappa shape index (κ1) is 14.3. The molecule has 0 atom stereocenters. The second-order valence-electron chi connectivity index (χ2n) is 4.47. The lowest BCUT2D eigenvalue weighted by molar-refractivity contribution is 0.0947. The summed E-state index contributed by atoms with van der Waals surface area (Å²) in [5, 5.41) is 2.96. The summed E-state index contributed by atoms with van der Waals surface area (Å²) >= 11 is 1.26. The van der Waals surface area contributed by atoms with Crippen molar-refractivity contribution in [2.45, 2.75) is 6.54 Å². The molecule has 5 nitrogen and oxygen atoms in total. The fraction of sp³-hybridized carbons (Fsp3) is 0.0714. The molecule has 3 rings (SSSR count). The van der Waals surface area contributed by atoms with Gasteiger partial charge < -0.3 is 10.3 Å². The number of fused-ring (bicyclic) bond motifs is 1. The first-order chi connectivity index (χ1) is 10.5. The predicted octanol–water partition coefficient (Wildman–Crippen LogP) is 2.19. The minimum atomic E-state index is -0.924. The Morgan fingerprint density at radius 2 is 2.14 bits per heavy atom. The third-order valence-corrected chi connectivity index (χ3v) is 4.03. The Morgan fingerprint density at radius 1 is 1.32 bits per heavy atom. The van der Waals surface area contributed by atoms with E-state index in [0.717, 1.165) is 12.1 Å². The van der Waals surface area contributed by atoms with Crippen molar-refractivity contribution >= 4 is 27.5 Å². The van der Waals surface area contributed by atoms with E-state index in [0.29, 0.717) is 21.2 Å². The minimum absolute atomic E-state index is 0.121. The quantitative estimate of drug-likeness (QED) is 0.776. The van der Waals surface area contributed by atoms with Crippen LogP contribution in [0.3, 0.4) is 0 Å². The fourth-order valence-corrected chi connectivity index (χ4v) is 2.88. The molecule has 0 unspecified atom stereocenters. The molecule has 0 saturated carbocycles. The third-order valence-electron chi connectivity index (χ3n) is 2.98. The molecule has 2 aromatic heterocycles. The topological polar surface area (TPSA) is 74.8 Å². The molecular weight excluding hydrogens is 312 g/mol. The van der Waals surface area contributed by atoms with E-state index in [9.17, 15) is 18.4 Å². The van der Waals surface area contributed by atoms with Crippen LogP contribution in [0.15, 0.2) is 35.4 Å². The lowest BCUT2D eigenvalue weighted by atomic mass is 10.2. The van der Waals surface area contributed by atoms with Crippen molar-refractivity contribution in [3.05, 3.63) is 63.0 Å². The number of hydrogen-bond acceptors (Lipinski definition) is 4. The molecule has 2 N–H and O–H groups in total. The van der Waals surface area contributed by atoms with Gasteiger partial charge >= 0.3 is 0 Å². The van der Waals surface area contributed by atoms with E-state index in [1.807, 2.05) is 0 Å². The zero-order chi connectivity index (χ0) is 15.7. The van der Waals surface area contributed by atoms with Crippen LogP contribution in [-0.2, 0) is 6.54 Å². The molecule has 112 valence electrons. The van der Waals surface area contributed by atoms with Crippen molar-refractivity contribution in [3.8, 4) is 0 Å². The number of carbonyl (C=O) groups excluding carboxylic acids is 1. The standard InChI is InChI=1S/C14H9F2N3O2S/c15-7-1-2-9(11(16)3-7)12(20)17-5-8-4-10-13(21)18-6-19-14(10)22-8/h1-4,6H,5H2,(H,17,20)(H,18,19,21). The van der Waals surface area contributed by atoms with Crippen LogP contribution in [0.1, 0.15) is 15.2 Å². The van der Waals surface area contributed by atoms with Gasteiger partial charge in [-0.1, -0.05) is 0 Å². The van der Waals surface area contributed by atoms with Gasteiger partial charge in [0, 0.05) is 10.9 Å². The van der Waals surface area contributed by atoms with Gasteiger partial charge in [0.15, 0.2) is 0 Å². The number of halogens is 2. The van der Waals surface area contributed by atoms with Crippen LogP contribution < -0.4 is 10.9 Å². The normalized spacial score (nSPS) is 10.8. The summed E-state index contributed by atoms with van der Waals surface area (Å²) in [6.45, 7) is 0.121. The number of H-pyrrole nitrogens is 1. The number of aromatic amines is 1. The zero-order valence-electron chi connectivity index (χ0n) is 11.0. The van der Waals surface area contributed by atoms with Crippen molar-refractivity contribution < 1.29 is 13.6 Å². The second-order valence-corrected chi connectivity index (χ2v) is 5.59. The molecule has 3 aromatic rings. The Hall–Kier alpha value is -2.61. The molecule has 0 aliphatic carbocycles. The molecule has 0 saturated heterocycles. The Morgan fingerprint density at radius 3 is 2.86 bits per heavy atom. The van der Waals surface area contributed by atoms with Crippen LogP contribution >= 0.6 is 11.3 Å². The van der Waals surface area contributed by atoms with E-state index >= 15 is 0 Å². The Labute approximate surface area is 126 Å². The van der Waals surface area contributed by atoms with Gasteiger partial charge in [-0.2, -0.15) is 0 Å². The number of thiophene rings is 1. The number of aromatic nitrogens is 2. The SMILES string of the molecule is O=C(NCc1cc2c(=O)[nH]cnc2s1)c1ccc(F)cc1F. The van der Waals surface area contributed by atoms with Crippen molar-refractivity contribution in [1.82, 2.24) is 15.3 Å². The summed E-state index contributed by atoms with van der Waals surface area (Å²) in [7, 11) is 0. The summed E-state index contributed by atoms with van der Waals surface area (Å²) in [5.74, 6) is -2.33. The molecule has 0 fully saturated rings. The van der Waals surface area contributed by atoms with Crippen molar-refractivity contribution in [2.75, 3.05) is 0 Å². The van der Waals surface area contributed by atoms with Crippen LogP contribution in [0, 0.1) is 11.6 Å². The predicted molar refractivity (Wildman–Crippen MR) is 77.8 cm³/mol. The highest BCUT2D eigenvalue weighted by Gasteiger charge is 2.13. The average Bonchev–Trinajstić information content (AvgIpc) is 2.89. The molecule has 0 bridgehead atoms. The van der Waals surface area contributed by atoms with Crippen molar-refractivity contribution in [2.24, 2.45) is 0 Å². The summed E-state index contributed by atoms with van der Waals surface area (Å²) < 4.78 is 26.3. The van der Waals surface area contributed by atoms with Crippen LogP contribution in [0.5, 0.6) is 0 Å². The van der Waals surface area contributed by atoms with Gasteiger partial charge in [-0.05, 0) is 18.2 Å². The van der Waals surface area contributed by atoms with Gasteiger partial charge in [-0.25, -0.2) is 13.8 Å². The average molecular weight is 321 g/mol. The number of rotatable bonds is 3. The number of nitrogens with one attached hydrogen (secondary N) is 2. The largest absolute Gasteiger partial charge is 0.347 e. The molecule has 0 aliphatic heterocycles. The molecule has 8 heteroatoms.